The van der Waals surface area contributed by atoms with Crippen LogP contribution in [0.25, 0.3) is 10.9 Å². The lowest BCUT2D eigenvalue weighted by Crippen LogP contribution is -2.47. The zero-order valence-electron chi connectivity index (χ0n) is 13.2. The van der Waals surface area contributed by atoms with Crippen LogP contribution in [0.2, 0.25) is 0 Å². The molecule has 0 radical (unpaired) electrons. The van der Waals surface area contributed by atoms with Crippen LogP contribution in [0.5, 0.6) is 0 Å². The van der Waals surface area contributed by atoms with Gasteiger partial charge in [-0.05, 0) is 44.4 Å². The van der Waals surface area contributed by atoms with E-state index in [-0.39, 0.29) is 11.6 Å². The first-order chi connectivity index (χ1) is 11.0. The summed E-state index contributed by atoms with van der Waals surface area (Å²) in [7, 11) is 0. The number of Topliss-reactive ketones (excluding diaryl/α,β-unsaturated/α-hetero) is 1. The van der Waals surface area contributed by atoms with Gasteiger partial charge in [0.15, 0.2) is 6.29 Å². The van der Waals surface area contributed by atoms with E-state index in [1.165, 1.54) is 0 Å². The number of ketones is 1. The monoisotopic (exact) mass is 313 g/mol. The average Bonchev–Trinajstić information content (AvgIpc) is 2.54. The summed E-state index contributed by atoms with van der Waals surface area (Å²) in [5, 5.41) is 3.67. The van der Waals surface area contributed by atoms with Crippen molar-refractivity contribution in [3.8, 4) is 0 Å². The number of aromatic nitrogens is 2. The lowest BCUT2D eigenvalue weighted by molar-refractivity contribution is -0.131. The molecule has 1 aliphatic rings. The van der Waals surface area contributed by atoms with Gasteiger partial charge in [-0.15, -0.1) is 0 Å². The van der Waals surface area contributed by atoms with Crippen LogP contribution in [-0.2, 0) is 9.59 Å². The first-order valence-corrected chi connectivity index (χ1v) is 7.73. The first-order valence-electron chi connectivity index (χ1n) is 7.73. The van der Waals surface area contributed by atoms with Crippen molar-refractivity contribution in [3.63, 3.8) is 0 Å². The summed E-state index contributed by atoms with van der Waals surface area (Å²) in [4.78, 5) is 39.4. The van der Waals surface area contributed by atoms with E-state index in [1.807, 2.05) is 32.0 Å². The molecule has 0 bridgehead atoms. The number of fused-ring (bicyclic) bond motifs is 1. The average molecular weight is 313 g/mol. The Morgan fingerprint density at radius 2 is 2.13 bits per heavy atom. The minimum absolute atomic E-state index is 0.0561. The molecule has 6 heteroatoms. The van der Waals surface area contributed by atoms with Crippen LogP contribution in [0.15, 0.2) is 23.0 Å². The van der Waals surface area contributed by atoms with E-state index in [1.54, 1.807) is 4.57 Å². The normalized spacial score (nSPS) is 21.3. The maximum Gasteiger partial charge on any atom is 0.261 e. The van der Waals surface area contributed by atoms with Gasteiger partial charge in [0, 0.05) is 6.54 Å². The van der Waals surface area contributed by atoms with E-state index in [0.717, 1.165) is 5.56 Å². The lowest BCUT2D eigenvalue weighted by atomic mass is 9.97. The molecule has 120 valence electrons. The molecule has 3 rings (SSSR count). The van der Waals surface area contributed by atoms with Crippen molar-refractivity contribution in [1.82, 2.24) is 14.9 Å². The third-order valence-electron chi connectivity index (χ3n) is 4.45. The van der Waals surface area contributed by atoms with E-state index < -0.39 is 11.8 Å². The van der Waals surface area contributed by atoms with Gasteiger partial charge in [0.05, 0.1) is 23.0 Å². The smallest absolute Gasteiger partial charge is 0.261 e. The van der Waals surface area contributed by atoms with E-state index in [2.05, 4.69) is 10.3 Å². The second-order valence-electron chi connectivity index (χ2n) is 6.07. The Morgan fingerprint density at radius 3 is 2.78 bits per heavy atom. The van der Waals surface area contributed by atoms with Gasteiger partial charge >= 0.3 is 0 Å². The van der Waals surface area contributed by atoms with E-state index in [9.17, 15) is 14.4 Å². The molecule has 1 N–H and O–H groups in total. The number of nitrogens with one attached hydrogen (secondary N) is 1. The van der Waals surface area contributed by atoms with Gasteiger partial charge in [-0.1, -0.05) is 6.07 Å². The molecular weight excluding hydrogens is 294 g/mol. The Bertz CT molecular complexity index is 833. The predicted molar refractivity (Wildman–Crippen MR) is 86.6 cm³/mol. The van der Waals surface area contributed by atoms with E-state index in [4.69, 9.17) is 0 Å². The number of hydrogen-bond acceptors (Lipinski definition) is 5. The molecule has 1 aromatic heterocycles. The van der Waals surface area contributed by atoms with Crippen molar-refractivity contribution in [2.45, 2.75) is 38.8 Å². The highest BCUT2D eigenvalue weighted by Gasteiger charge is 2.27. The second kappa shape index (κ2) is 6.04. The summed E-state index contributed by atoms with van der Waals surface area (Å²) in [6, 6.07) is 5.13. The maximum absolute atomic E-state index is 12.8. The highest BCUT2D eigenvalue weighted by Crippen LogP contribution is 2.21. The zero-order chi connectivity index (χ0) is 16.6. The zero-order valence-corrected chi connectivity index (χ0v) is 13.2. The highest BCUT2D eigenvalue weighted by atomic mass is 16.2. The van der Waals surface area contributed by atoms with Crippen LogP contribution in [0, 0.1) is 13.8 Å². The van der Waals surface area contributed by atoms with Crippen molar-refractivity contribution < 1.29 is 9.59 Å². The highest BCUT2D eigenvalue weighted by molar-refractivity contribution is 6.27. The topological polar surface area (TPSA) is 81.1 Å². The molecule has 0 saturated carbocycles. The Hall–Kier alpha value is -2.34. The molecule has 0 amide bonds. The minimum atomic E-state index is -0.434. The number of carbonyl (C=O) groups is 2. The van der Waals surface area contributed by atoms with Gasteiger partial charge in [-0.2, -0.15) is 0 Å². The molecule has 1 fully saturated rings. The molecule has 1 aliphatic heterocycles. The standard InChI is InChI=1S/C17H19N3O3/c1-10-3-5-13-15(7-10)19-11(2)20(17(13)23)12-4-6-14(18-8-12)16(22)9-21/h3,5,7,9,12,14,18H,4,6,8H2,1-2H3. The van der Waals surface area contributed by atoms with Gasteiger partial charge in [0.1, 0.15) is 5.82 Å². The van der Waals surface area contributed by atoms with Crippen LogP contribution in [-0.4, -0.2) is 34.2 Å². The second-order valence-corrected chi connectivity index (χ2v) is 6.07. The largest absolute Gasteiger partial charge is 0.305 e. The minimum Gasteiger partial charge on any atom is -0.305 e. The third kappa shape index (κ3) is 2.82. The fourth-order valence-corrected chi connectivity index (χ4v) is 3.24. The van der Waals surface area contributed by atoms with Crippen LogP contribution in [0.3, 0.4) is 0 Å². The quantitative estimate of drug-likeness (QED) is 0.677. The number of rotatable bonds is 3. The van der Waals surface area contributed by atoms with Gasteiger partial charge in [0.2, 0.25) is 5.78 Å². The predicted octanol–water partition coefficient (Wildman–Crippen LogP) is 1.07. The molecule has 1 saturated heterocycles. The Morgan fingerprint density at radius 1 is 1.35 bits per heavy atom. The number of carbonyl (C=O) groups excluding carboxylic acids is 2. The summed E-state index contributed by atoms with van der Waals surface area (Å²) in [5.74, 6) is 0.236. The van der Waals surface area contributed by atoms with E-state index >= 15 is 0 Å². The molecule has 2 atom stereocenters. The fraction of sp³-hybridized carbons (Fsp3) is 0.412. The molecule has 0 spiro atoms. The molecule has 0 aliphatic carbocycles. The number of hydrogen-bond donors (Lipinski definition) is 1. The third-order valence-corrected chi connectivity index (χ3v) is 4.45. The van der Waals surface area contributed by atoms with Crippen LogP contribution >= 0.6 is 0 Å². The van der Waals surface area contributed by atoms with Crippen molar-refractivity contribution in [2.75, 3.05) is 6.54 Å². The Balaban J connectivity index is 1.95. The molecule has 2 heterocycles. The number of benzene rings is 1. The summed E-state index contributed by atoms with van der Waals surface area (Å²) in [6.45, 7) is 4.27. The fourth-order valence-electron chi connectivity index (χ4n) is 3.24. The lowest BCUT2D eigenvalue weighted by Gasteiger charge is -2.30. The summed E-state index contributed by atoms with van der Waals surface area (Å²) >= 11 is 0. The summed E-state index contributed by atoms with van der Waals surface area (Å²) in [6.07, 6.45) is 1.56. The Labute approximate surface area is 133 Å². The van der Waals surface area contributed by atoms with E-state index in [0.29, 0.717) is 42.4 Å². The number of piperidine rings is 1. The van der Waals surface area contributed by atoms with Crippen LogP contribution in [0.4, 0.5) is 0 Å². The SMILES string of the molecule is Cc1ccc2c(=O)n(C3CCC(C(=O)C=O)NC3)c(C)nc2c1. The molecule has 1 aromatic carbocycles. The van der Waals surface area contributed by atoms with Gasteiger partial charge in [-0.3, -0.25) is 19.0 Å². The number of nitrogens with zero attached hydrogens (tertiary/aromatic N) is 2. The summed E-state index contributed by atoms with van der Waals surface area (Å²) < 4.78 is 1.70. The molecule has 23 heavy (non-hydrogen) atoms. The first kappa shape index (κ1) is 15.6. The van der Waals surface area contributed by atoms with Crippen molar-refractivity contribution >= 4 is 23.0 Å². The van der Waals surface area contributed by atoms with Gasteiger partial charge in [0.25, 0.3) is 5.56 Å². The molecular formula is C17H19N3O3. The van der Waals surface area contributed by atoms with Gasteiger partial charge in [-0.25, -0.2) is 4.98 Å². The molecule has 6 nitrogen and oxygen atoms in total. The van der Waals surface area contributed by atoms with Crippen molar-refractivity contribution in [2.24, 2.45) is 0 Å². The maximum atomic E-state index is 12.8. The Kier molecular flexibility index (Phi) is 4.09. The molecule has 2 unspecified atom stereocenters. The van der Waals surface area contributed by atoms with Crippen molar-refractivity contribution in [1.29, 1.82) is 0 Å². The number of aldehydes is 1. The van der Waals surface area contributed by atoms with Crippen molar-refractivity contribution in [3.05, 3.63) is 39.9 Å². The summed E-state index contributed by atoms with van der Waals surface area (Å²) in [5.41, 5.74) is 1.72. The molecule has 2 aromatic rings. The van der Waals surface area contributed by atoms with Crippen LogP contribution in [0.1, 0.15) is 30.3 Å². The van der Waals surface area contributed by atoms with Gasteiger partial charge < -0.3 is 5.32 Å². The number of aryl methyl sites for hydroxylation is 2. The van der Waals surface area contributed by atoms with Crippen LogP contribution < -0.4 is 10.9 Å².